The van der Waals surface area contributed by atoms with Crippen LogP contribution in [0.5, 0.6) is 0 Å². The van der Waals surface area contributed by atoms with Crippen molar-refractivity contribution in [3.63, 3.8) is 0 Å². The van der Waals surface area contributed by atoms with Gasteiger partial charge in [-0.05, 0) is 44.4 Å². The number of anilines is 1. The van der Waals surface area contributed by atoms with Crippen molar-refractivity contribution in [2.24, 2.45) is 11.1 Å². The molecule has 0 aromatic heterocycles. The van der Waals surface area contributed by atoms with Gasteiger partial charge in [-0.25, -0.2) is 4.79 Å². The number of nitrogens with one attached hydrogen (secondary N) is 2. The highest BCUT2D eigenvalue weighted by Gasteiger charge is 2.40. The van der Waals surface area contributed by atoms with E-state index in [0.717, 1.165) is 6.42 Å². The van der Waals surface area contributed by atoms with Gasteiger partial charge in [-0.3, -0.25) is 4.79 Å². The maximum absolute atomic E-state index is 12.7. The Kier molecular flexibility index (Phi) is 6.63. The third kappa shape index (κ3) is 4.85. The van der Waals surface area contributed by atoms with E-state index in [1.807, 2.05) is 18.2 Å². The summed E-state index contributed by atoms with van der Waals surface area (Å²) in [5, 5.41) is 5.48. The van der Waals surface area contributed by atoms with Gasteiger partial charge in [0.15, 0.2) is 0 Å². The molecule has 1 fully saturated rings. The van der Waals surface area contributed by atoms with Gasteiger partial charge in [0.05, 0.1) is 0 Å². The zero-order valence-corrected chi connectivity index (χ0v) is 15.3. The van der Waals surface area contributed by atoms with Gasteiger partial charge in [0.2, 0.25) is 5.91 Å². The van der Waals surface area contributed by atoms with E-state index in [1.54, 1.807) is 30.9 Å². The molecule has 1 heterocycles. The number of carbonyl (C=O) groups is 2. The highest BCUT2D eigenvalue weighted by atomic mass is 35.5. The minimum Gasteiger partial charge on any atom is -0.340 e. The third-order valence-electron chi connectivity index (χ3n) is 4.33. The smallest absolute Gasteiger partial charge is 0.320 e. The van der Waals surface area contributed by atoms with E-state index in [0.29, 0.717) is 25.3 Å². The highest BCUT2D eigenvalue weighted by molar-refractivity contribution is 5.95. The van der Waals surface area contributed by atoms with Crippen molar-refractivity contribution in [1.29, 1.82) is 0 Å². The first-order valence-electron chi connectivity index (χ1n) is 7.89. The number of hydrogen-bond donors (Lipinski definition) is 3. The minimum absolute atomic E-state index is 0. The topological polar surface area (TPSA) is 87.5 Å². The Morgan fingerprint density at radius 3 is 2.46 bits per heavy atom. The summed E-state index contributed by atoms with van der Waals surface area (Å²) in [5.74, 6) is -0.0853. The van der Waals surface area contributed by atoms with Crippen LogP contribution in [0.4, 0.5) is 10.5 Å². The van der Waals surface area contributed by atoms with Crippen molar-refractivity contribution < 1.29 is 9.59 Å². The molecule has 1 aromatic rings. The fourth-order valence-electron chi connectivity index (χ4n) is 2.78. The van der Waals surface area contributed by atoms with Crippen LogP contribution < -0.4 is 16.4 Å². The lowest BCUT2D eigenvalue weighted by Gasteiger charge is -2.31. The second-order valence-corrected chi connectivity index (χ2v) is 7.06. The summed E-state index contributed by atoms with van der Waals surface area (Å²) in [5.41, 5.74) is 5.47. The number of nitrogens with zero attached hydrogens (tertiary/aromatic N) is 1. The zero-order chi connectivity index (χ0) is 17.1. The maximum atomic E-state index is 12.7. The van der Waals surface area contributed by atoms with Crippen LogP contribution in [0.2, 0.25) is 0 Å². The predicted molar refractivity (Wildman–Crippen MR) is 98.3 cm³/mol. The Labute approximate surface area is 149 Å². The molecule has 1 saturated heterocycles. The maximum Gasteiger partial charge on any atom is 0.320 e. The molecule has 1 atom stereocenters. The van der Waals surface area contributed by atoms with Gasteiger partial charge in [-0.15, -0.1) is 12.4 Å². The molecule has 1 aliphatic heterocycles. The molecule has 0 aliphatic carbocycles. The fourth-order valence-corrected chi connectivity index (χ4v) is 2.78. The first kappa shape index (κ1) is 20.3. The predicted octanol–water partition coefficient (Wildman–Crippen LogP) is 2.21. The van der Waals surface area contributed by atoms with E-state index in [2.05, 4.69) is 17.6 Å². The molecule has 1 unspecified atom stereocenters. The summed E-state index contributed by atoms with van der Waals surface area (Å²) >= 11 is 0. The first-order chi connectivity index (χ1) is 10.8. The van der Waals surface area contributed by atoms with E-state index in [-0.39, 0.29) is 23.7 Å². The van der Waals surface area contributed by atoms with E-state index < -0.39 is 11.6 Å². The molecule has 1 aromatic carbocycles. The number of para-hydroxylation sites is 1. The quantitative estimate of drug-likeness (QED) is 0.774. The summed E-state index contributed by atoms with van der Waals surface area (Å²) in [6, 6.07) is 8.74. The van der Waals surface area contributed by atoms with Crippen LogP contribution in [0.1, 0.15) is 27.2 Å². The van der Waals surface area contributed by atoms with Gasteiger partial charge >= 0.3 is 6.03 Å². The highest BCUT2D eigenvalue weighted by Crippen LogP contribution is 2.29. The fraction of sp³-hybridized carbons (Fsp3) is 0.529. The molecule has 0 radical (unpaired) electrons. The minimum atomic E-state index is -0.973. The van der Waals surface area contributed by atoms with Crippen LogP contribution in [-0.2, 0) is 4.79 Å². The molecular weight excluding hydrogens is 328 g/mol. The Morgan fingerprint density at radius 1 is 1.29 bits per heavy atom. The Morgan fingerprint density at radius 2 is 1.92 bits per heavy atom. The summed E-state index contributed by atoms with van der Waals surface area (Å²) in [6.45, 7) is 7.39. The van der Waals surface area contributed by atoms with Crippen LogP contribution >= 0.6 is 12.4 Å². The molecule has 0 spiro atoms. The van der Waals surface area contributed by atoms with Gasteiger partial charge in [-0.2, -0.15) is 0 Å². The van der Waals surface area contributed by atoms with Crippen molar-refractivity contribution in [1.82, 2.24) is 10.2 Å². The van der Waals surface area contributed by atoms with Crippen LogP contribution in [-0.4, -0.2) is 42.0 Å². The van der Waals surface area contributed by atoms with Crippen molar-refractivity contribution in [2.75, 3.05) is 25.0 Å². The summed E-state index contributed by atoms with van der Waals surface area (Å²) in [6.07, 6.45) is 0.890. The first-order valence-corrected chi connectivity index (χ1v) is 7.89. The average molecular weight is 355 g/mol. The number of hydrogen-bond acceptors (Lipinski definition) is 3. The number of amides is 3. The Balaban J connectivity index is 0.00000288. The number of likely N-dealkylation sites (tertiary alicyclic amines) is 1. The molecule has 134 valence electrons. The van der Waals surface area contributed by atoms with E-state index in [9.17, 15) is 9.59 Å². The largest absolute Gasteiger partial charge is 0.340 e. The van der Waals surface area contributed by atoms with E-state index in [1.165, 1.54) is 0 Å². The number of benzene rings is 1. The molecule has 1 aliphatic rings. The van der Waals surface area contributed by atoms with Gasteiger partial charge in [0, 0.05) is 18.8 Å². The molecule has 0 bridgehead atoms. The lowest BCUT2D eigenvalue weighted by Crippen LogP contribution is -2.56. The van der Waals surface area contributed by atoms with Crippen molar-refractivity contribution in [3.8, 4) is 0 Å². The van der Waals surface area contributed by atoms with Crippen molar-refractivity contribution >= 4 is 30.0 Å². The van der Waals surface area contributed by atoms with E-state index >= 15 is 0 Å². The molecule has 24 heavy (non-hydrogen) atoms. The SMILES string of the molecule is CC1(CN)CCN(C(=O)C(C)(C)NC(=O)Nc2ccccc2)C1.Cl. The van der Waals surface area contributed by atoms with Gasteiger partial charge in [0.25, 0.3) is 0 Å². The van der Waals surface area contributed by atoms with Crippen molar-refractivity contribution in [2.45, 2.75) is 32.7 Å². The van der Waals surface area contributed by atoms with Gasteiger partial charge < -0.3 is 21.3 Å². The van der Waals surface area contributed by atoms with Gasteiger partial charge in [-0.1, -0.05) is 25.1 Å². The standard InChI is InChI=1S/C17H26N4O2.ClH/c1-16(2,14(22)21-10-9-17(3,11-18)12-21)20-15(23)19-13-7-5-4-6-8-13;/h4-8H,9-12,18H2,1-3H3,(H2,19,20,23);1H. The second-order valence-electron chi connectivity index (χ2n) is 7.06. The lowest BCUT2D eigenvalue weighted by atomic mass is 9.90. The number of carbonyl (C=O) groups excluding carboxylic acids is 2. The molecule has 7 heteroatoms. The monoisotopic (exact) mass is 354 g/mol. The summed E-state index contributed by atoms with van der Waals surface area (Å²) in [4.78, 5) is 26.6. The number of nitrogens with two attached hydrogens (primary N) is 1. The Bertz CT molecular complexity index is 579. The summed E-state index contributed by atoms with van der Waals surface area (Å²) in [7, 11) is 0. The third-order valence-corrected chi connectivity index (χ3v) is 4.33. The molecule has 3 amide bonds. The molecule has 0 saturated carbocycles. The van der Waals surface area contributed by atoms with E-state index in [4.69, 9.17) is 5.73 Å². The molecule has 2 rings (SSSR count). The normalized spacial score (nSPS) is 20.2. The number of rotatable bonds is 4. The second kappa shape index (κ2) is 7.85. The van der Waals surface area contributed by atoms with Crippen LogP contribution in [0, 0.1) is 5.41 Å². The van der Waals surface area contributed by atoms with Gasteiger partial charge in [0.1, 0.15) is 5.54 Å². The van der Waals surface area contributed by atoms with Crippen LogP contribution in [0.25, 0.3) is 0 Å². The number of urea groups is 1. The van der Waals surface area contributed by atoms with Crippen molar-refractivity contribution in [3.05, 3.63) is 30.3 Å². The van der Waals surface area contributed by atoms with Crippen LogP contribution in [0.3, 0.4) is 0 Å². The average Bonchev–Trinajstić information content (AvgIpc) is 2.90. The molecular formula is C17H27ClN4O2. The zero-order valence-electron chi connectivity index (χ0n) is 14.5. The number of halogens is 1. The molecule has 4 N–H and O–H groups in total. The molecule has 6 nitrogen and oxygen atoms in total. The Hall–Kier alpha value is -1.79. The summed E-state index contributed by atoms with van der Waals surface area (Å²) < 4.78 is 0. The van der Waals surface area contributed by atoms with Crippen LogP contribution in [0.15, 0.2) is 30.3 Å². The lowest BCUT2D eigenvalue weighted by molar-refractivity contribution is -0.135.